The van der Waals surface area contributed by atoms with Crippen molar-refractivity contribution < 1.29 is 19.1 Å². The molecular formula is C37H49N5O4S. The van der Waals surface area contributed by atoms with Crippen LogP contribution in [-0.2, 0) is 11.2 Å². The minimum Gasteiger partial charge on any atom is -0.495 e. The van der Waals surface area contributed by atoms with Gasteiger partial charge < -0.3 is 35.2 Å². The number of carbonyl (C=O) groups excluding carboxylic acids is 2. The molecule has 10 heteroatoms. The Morgan fingerprint density at radius 1 is 0.957 bits per heavy atom. The van der Waals surface area contributed by atoms with Crippen LogP contribution in [0.3, 0.4) is 0 Å². The van der Waals surface area contributed by atoms with Crippen LogP contribution in [0, 0.1) is 6.92 Å². The molecule has 3 N–H and O–H groups in total. The lowest BCUT2D eigenvalue weighted by molar-refractivity contribution is -0.132. The van der Waals surface area contributed by atoms with Crippen LogP contribution in [0.2, 0.25) is 0 Å². The maximum atomic E-state index is 13.7. The summed E-state index contributed by atoms with van der Waals surface area (Å²) in [5, 5.41) is 3.31. The van der Waals surface area contributed by atoms with Crippen LogP contribution in [0.15, 0.2) is 60.7 Å². The number of hydrogen-bond acceptors (Lipinski definition) is 7. The van der Waals surface area contributed by atoms with Gasteiger partial charge in [-0.25, -0.2) is 0 Å². The van der Waals surface area contributed by atoms with Crippen molar-refractivity contribution in [1.29, 1.82) is 0 Å². The highest BCUT2D eigenvalue weighted by molar-refractivity contribution is 7.81. The largest absolute Gasteiger partial charge is 0.495 e. The Balaban J connectivity index is 1.35. The average Bonchev–Trinajstić information content (AvgIpc) is 3.08. The Morgan fingerprint density at radius 3 is 2.47 bits per heavy atom. The third-order valence-electron chi connectivity index (χ3n) is 8.54. The molecule has 0 spiro atoms. The SMILES string of the molecule is COc1cc(C(=O)N(C)c2ccc(C)cc2OCCCCCC(=O)N2CCN(C)CC2)ccc1NC(=S)c1ccccc1CCCN. The van der Waals surface area contributed by atoms with Crippen molar-refractivity contribution in [1.82, 2.24) is 9.80 Å². The van der Waals surface area contributed by atoms with E-state index in [9.17, 15) is 9.59 Å². The zero-order chi connectivity index (χ0) is 33.8. The maximum Gasteiger partial charge on any atom is 0.258 e. The minimum absolute atomic E-state index is 0.194. The van der Waals surface area contributed by atoms with E-state index in [1.807, 2.05) is 54.3 Å². The second-order valence-corrected chi connectivity index (χ2v) is 12.5. The van der Waals surface area contributed by atoms with Crippen LogP contribution in [-0.4, -0.2) is 87.1 Å². The summed E-state index contributed by atoms with van der Waals surface area (Å²) in [4.78, 5) is 32.6. The lowest BCUT2D eigenvalue weighted by Crippen LogP contribution is -2.47. The van der Waals surface area contributed by atoms with E-state index in [0.29, 0.717) is 53.0 Å². The van der Waals surface area contributed by atoms with E-state index in [-0.39, 0.29) is 11.8 Å². The minimum atomic E-state index is -0.194. The van der Waals surface area contributed by atoms with Gasteiger partial charge in [-0.05, 0) is 94.1 Å². The first kappa shape index (κ1) is 35.9. The number of nitrogens with two attached hydrogens (primary N) is 1. The molecule has 2 amide bonds. The number of methoxy groups -OCH3 is 1. The quantitative estimate of drug-likeness (QED) is 0.159. The first-order chi connectivity index (χ1) is 22.7. The molecule has 9 nitrogen and oxygen atoms in total. The van der Waals surface area contributed by atoms with Crippen molar-refractivity contribution in [3.05, 3.63) is 82.9 Å². The average molecular weight is 660 g/mol. The Labute approximate surface area is 285 Å². The van der Waals surface area contributed by atoms with Crippen molar-refractivity contribution in [2.75, 3.05) is 70.8 Å². The number of thiocarbonyl (C=S) groups is 1. The van der Waals surface area contributed by atoms with E-state index < -0.39 is 0 Å². The summed E-state index contributed by atoms with van der Waals surface area (Å²) in [6.45, 7) is 6.62. The number of ether oxygens (including phenoxy) is 2. The second kappa shape index (κ2) is 17.8. The first-order valence-electron chi connectivity index (χ1n) is 16.5. The molecule has 1 saturated heterocycles. The molecule has 1 fully saturated rings. The molecule has 0 saturated carbocycles. The number of rotatable bonds is 15. The fourth-order valence-electron chi connectivity index (χ4n) is 5.64. The Hall–Kier alpha value is -3.99. The molecule has 0 aromatic heterocycles. The molecule has 1 heterocycles. The van der Waals surface area contributed by atoms with Crippen molar-refractivity contribution in [3.63, 3.8) is 0 Å². The summed E-state index contributed by atoms with van der Waals surface area (Å²) < 4.78 is 11.9. The zero-order valence-electron chi connectivity index (χ0n) is 28.2. The first-order valence-corrected chi connectivity index (χ1v) is 16.9. The number of unbranched alkanes of at least 4 members (excludes halogenated alkanes) is 2. The number of piperazine rings is 1. The number of nitrogens with one attached hydrogen (secondary N) is 1. The molecular weight excluding hydrogens is 611 g/mol. The standard InChI is InChI=1S/C37H49N5O4S/c1-27-15-18-32(34(25-27)46-24-9-5-6-14-35(43)42-22-20-40(2)21-23-42)41(3)37(44)29-16-17-31(33(26-29)45-4)39-36(47)30-13-8-7-11-28(30)12-10-19-38/h7-8,11,13,15-18,25-26H,5-6,9-10,12,14,19-24,38H2,1-4H3,(H,39,47). The molecule has 252 valence electrons. The number of carbonyl (C=O) groups is 2. The summed E-state index contributed by atoms with van der Waals surface area (Å²) >= 11 is 5.76. The summed E-state index contributed by atoms with van der Waals surface area (Å²) in [6, 6.07) is 19.2. The predicted molar refractivity (Wildman–Crippen MR) is 194 cm³/mol. The van der Waals surface area contributed by atoms with E-state index in [1.54, 1.807) is 31.2 Å². The van der Waals surface area contributed by atoms with Crippen LogP contribution < -0.4 is 25.4 Å². The summed E-state index contributed by atoms with van der Waals surface area (Å²) in [5.41, 5.74) is 10.7. The molecule has 3 aromatic carbocycles. The van der Waals surface area contributed by atoms with Crippen LogP contribution in [0.1, 0.15) is 59.2 Å². The van der Waals surface area contributed by atoms with E-state index in [4.69, 9.17) is 27.4 Å². The van der Waals surface area contributed by atoms with Gasteiger partial charge in [-0.1, -0.05) is 42.5 Å². The smallest absolute Gasteiger partial charge is 0.258 e. The van der Waals surface area contributed by atoms with Gasteiger partial charge in [-0.3, -0.25) is 9.59 Å². The van der Waals surface area contributed by atoms with Crippen molar-refractivity contribution in [3.8, 4) is 11.5 Å². The number of anilines is 2. The molecule has 1 aliphatic rings. The van der Waals surface area contributed by atoms with E-state index in [1.165, 1.54) is 0 Å². The van der Waals surface area contributed by atoms with Gasteiger partial charge in [0, 0.05) is 50.8 Å². The molecule has 0 atom stereocenters. The molecule has 0 aliphatic carbocycles. The van der Waals surface area contributed by atoms with E-state index >= 15 is 0 Å². The van der Waals surface area contributed by atoms with E-state index in [2.05, 4.69) is 23.3 Å². The molecule has 0 unspecified atom stereocenters. The van der Waals surface area contributed by atoms with Crippen molar-refractivity contribution in [2.45, 2.75) is 45.4 Å². The molecule has 3 aromatic rings. The second-order valence-electron chi connectivity index (χ2n) is 12.1. The number of benzene rings is 3. The van der Waals surface area contributed by atoms with Gasteiger partial charge in [0.1, 0.15) is 16.5 Å². The normalized spacial score (nSPS) is 13.3. The fourth-order valence-corrected chi connectivity index (χ4v) is 5.95. The molecule has 0 bridgehead atoms. The van der Waals surface area contributed by atoms with Gasteiger partial charge in [0.05, 0.1) is 25.1 Å². The highest BCUT2D eigenvalue weighted by Gasteiger charge is 2.21. The number of aryl methyl sites for hydroxylation is 2. The number of nitrogens with zero attached hydrogens (tertiary/aromatic N) is 3. The van der Waals surface area contributed by atoms with Crippen molar-refractivity contribution >= 4 is 40.4 Å². The maximum absolute atomic E-state index is 13.7. The Morgan fingerprint density at radius 2 is 1.72 bits per heavy atom. The van der Waals surface area contributed by atoms with Crippen LogP contribution in [0.5, 0.6) is 11.5 Å². The van der Waals surface area contributed by atoms with Gasteiger partial charge in [0.2, 0.25) is 5.91 Å². The van der Waals surface area contributed by atoms with Gasteiger partial charge in [0.25, 0.3) is 5.91 Å². The topological polar surface area (TPSA) is 100 Å². The van der Waals surface area contributed by atoms with Gasteiger partial charge in [-0.2, -0.15) is 0 Å². The third-order valence-corrected chi connectivity index (χ3v) is 8.86. The van der Waals surface area contributed by atoms with Crippen molar-refractivity contribution in [2.24, 2.45) is 5.73 Å². The monoisotopic (exact) mass is 659 g/mol. The Kier molecular flexibility index (Phi) is 13.6. The summed E-state index contributed by atoms with van der Waals surface area (Å²) in [6.07, 6.45) is 4.85. The summed E-state index contributed by atoms with van der Waals surface area (Å²) in [7, 11) is 5.41. The van der Waals surface area contributed by atoms with Gasteiger partial charge in [0.15, 0.2) is 0 Å². The van der Waals surface area contributed by atoms with E-state index in [0.717, 1.165) is 75.0 Å². The molecule has 47 heavy (non-hydrogen) atoms. The lowest BCUT2D eigenvalue weighted by Gasteiger charge is -2.32. The van der Waals surface area contributed by atoms with Crippen LogP contribution in [0.25, 0.3) is 0 Å². The Bertz CT molecular complexity index is 1520. The fraction of sp³-hybridized carbons (Fsp3) is 0.432. The van der Waals surface area contributed by atoms with Gasteiger partial charge in [-0.15, -0.1) is 0 Å². The zero-order valence-corrected chi connectivity index (χ0v) is 29.0. The van der Waals surface area contributed by atoms with Crippen LogP contribution in [0.4, 0.5) is 11.4 Å². The number of hydrogen-bond donors (Lipinski definition) is 2. The molecule has 4 rings (SSSR count). The number of amides is 2. The third kappa shape index (κ3) is 10.00. The highest BCUT2D eigenvalue weighted by atomic mass is 32.1. The highest BCUT2D eigenvalue weighted by Crippen LogP contribution is 2.32. The molecule has 1 aliphatic heterocycles. The van der Waals surface area contributed by atoms with Gasteiger partial charge >= 0.3 is 0 Å². The summed E-state index contributed by atoms with van der Waals surface area (Å²) in [5.74, 6) is 1.21. The molecule has 0 radical (unpaired) electrons. The number of likely N-dealkylation sites (N-methyl/N-ethyl adjacent to an activating group) is 1. The predicted octanol–water partition coefficient (Wildman–Crippen LogP) is 5.67. The van der Waals surface area contributed by atoms with Crippen LogP contribution >= 0.6 is 12.2 Å². The lowest BCUT2D eigenvalue weighted by atomic mass is 10.0.